The van der Waals surface area contributed by atoms with E-state index in [0.29, 0.717) is 35.1 Å². The molecule has 1 atom stereocenters. The number of aromatic nitrogens is 1. The van der Waals surface area contributed by atoms with Gasteiger partial charge in [-0.25, -0.2) is 4.98 Å². The highest BCUT2D eigenvalue weighted by molar-refractivity contribution is 6.35. The van der Waals surface area contributed by atoms with Gasteiger partial charge in [-0.1, -0.05) is 23.2 Å². The molecule has 28 heavy (non-hydrogen) atoms. The van der Waals surface area contributed by atoms with E-state index in [-0.39, 0.29) is 11.8 Å². The fourth-order valence-corrected chi connectivity index (χ4v) is 3.77. The molecule has 1 aromatic heterocycles. The van der Waals surface area contributed by atoms with Gasteiger partial charge in [-0.05, 0) is 48.7 Å². The molecule has 1 aliphatic heterocycles. The second-order valence-electron chi connectivity index (χ2n) is 6.95. The highest BCUT2D eigenvalue weighted by atomic mass is 35.5. The first-order valence-corrected chi connectivity index (χ1v) is 9.78. The highest BCUT2D eigenvalue weighted by Gasteiger charge is 2.34. The quantitative estimate of drug-likeness (QED) is 0.804. The summed E-state index contributed by atoms with van der Waals surface area (Å²) in [5, 5.41) is 3.72. The Bertz CT molecular complexity index is 868. The summed E-state index contributed by atoms with van der Waals surface area (Å²) < 4.78 is 0. The summed E-state index contributed by atoms with van der Waals surface area (Å²) in [6, 6.07) is 8.00. The zero-order valence-electron chi connectivity index (χ0n) is 15.8. The SMILES string of the molecule is CN(C)c1cc(CNC(=O)C2CCCN2C(=O)c2cc(Cl)cc(Cl)c2)ccn1. The van der Waals surface area contributed by atoms with Crippen LogP contribution in [0.5, 0.6) is 0 Å². The molecule has 2 aromatic rings. The van der Waals surface area contributed by atoms with Crippen molar-refractivity contribution >= 4 is 40.8 Å². The van der Waals surface area contributed by atoms with Crippen molar-refractivity contribution in [3.05, 3.63) is 57.7 Å². The maximum Gasteiger partial charge on any atom is 0.254 e. The molecule has 0 aliphatic carbocycles. The number of benzene rings is 1. The molecule has 0 radical (unpaired) electrons. The molecule has 0 spiro atoms. The maximum absolute atomic E-state index is 12.9. The van der Waals surface area contributed by atoms with Crippen molar-refractivity contribution in [1.29, 1.82) is 0 Å². The van der Waals surface area contributed by atoms with Gasteiger partial charge in [0.2, 0.25) is 5.91 Å². The van der Waals surface area contributed by atoms with E-state index >= 15 is 0 Å². The number of halogens is 2. The third kappa shape index (κ3) is 4.75. The van der Waals surface area contributed by atoms with Gasteiger partial charge < -0.3 is 15.1 Å². The first kappa shape index (κ1) is 20.4. The minimum Gasteiger partial charge on any atom is -0.363 e. The number of carbonyl (C=O) groups excluding carboxylic acids is 2. The number of nitrogens with zero attached hydrogens (tertiary/aromatic N) is 3. The van der Waals surface area contributed by atoms with Crippen LogP contribution in [-0.4, -0.2) is 48.4 Å². The molecule has 1 aliphatic rings. The third-order valence-electron chi connectivity index (χ3n) is 4.66. The Hall–Kier alpha value is -2.31. The number of amides is 2. The van der Waals surface area contributed by atoms with Crippen LogP contribution in [-0.2, 0) is 11.3 Å². The number of hydrogen-bond donors (Lipinski definition) is 1. The van der Waals surface area contributed by atoms with Gasteiger partial charge in [0.05, 0.1) is 0 Å². The first-order chi connectivity index (χ1) is 13.3. The Morgan fingerprint density at radius 2 is 1.93 bits per heavy atom. The number of rotatable bonds is 5. The van der Waals surface area contributed by atoms with Crippen LogP contribution < -0.4 is 10.2 Å². The van der Waals surface area contributed by atoms with E-state index in [1.54, 1.807) is 29.3 Å². The molecule has 1 aromatic carbocycles. The Kier molecular flexibility index (Phi) is 6.42. The number of pyridine rings is 1. The summed E-state index contributed by atoms with van der Waals surface area (Å²) in [4.78, 5) is 33.4. The van der Waals surface area contributed by atoms with Crippen molar-refractivity contribution in [2.45, 2.75) is 25.4 Å². The van der Waals surface area contributed by atoms with E-state index in [4.69, 9.17) is 23.2 Å². The predicted octanol–water partition coefficient (Wildman–Crippen LogP) is 3.38. The van der Waals surface area contributed by atoms with Crippen molar-refractivity contribution in [3.8, 4) is 0 Å². The molecule has 2 heterocycles. The molecule has 2 amide bonds. The monoisotopic (exact) mass is 420 g/mol. The lowest BCUT2D eigenvalue weighted by Gasteiger charge is -2.24. The van der Waals surface area contributed by atoms with Crippen LogP contribution in [0.2, 0.25) is 10.0 Å². The maximum atomic E-state index is 12.9. The average molecular weight is 421 g/mol. The zero-order valence-corrected chi connectivity index (χ0v) is 17.3. The summed E-state index contributed by atoms with van der Waals surface area (Å²) in [6.45, 7) is 0.908. The molecule has 1 N–H and O–H groups in total. The normalized spacial score (nSPS) is 16.1. The van der Waals surface area contributed by atoms with E-state index in [1.807, 2.05) is 31.1 Å². The minimum absolute atomic E-state index is 0.165. The zero-order chi connectivity index (χ0) is 20.3. The Labute approximate surface area is 174 Å². The molecule has 1 unspecified atom stereocenters. The van der Waals surface area contributed by atoms with Crippen LogP contribution in [0, 0.1) is 0 Å². The van der Waals surface area contributed by atoms with E-state index in [1.165, 1.54) is 0 Å². The molecule has 0 bridgehead atoms. The standard InChI is InChI=1S/C20H22Cl2N4O2/c1-25(2)18-8-13(5-6-23-18)12-24-19(27)17-4-3-7-26(17)20(28)14-9-15(21)11-16(22)10-14/h5-6,8-11,17H,3-4,7,12H2,1-2H3,(H,24,27). The van der Waals surface area contributed by atoms with E-state index < -0.39 is 6.04 Å². The molecular formula is C20H22Cl2N4O2. The van der Waals surface area contributed by atoms with Crippen molar-refractivity contribution in [2.24, 2.45) is 0 Å². The minimum atomic E-state index is -0.500. The lowest BCUT2D eigenvalue weighted by atomic mass is 10.1. The largest absolute Gasteiger partial charge is 0.363 e. The number of hydrogen-bond acceptors (Lipinski definition) is 4. The van der Waals surface area contributed by atoms with Gasteiger partial charge in [0.1, 0.15) is 11.9 Å². The van der Waals surface area contributed by atoms with Crippen LogP contribution >= 0.6 is 23.2 Å². The van der Waals surface area contributed by atoms with Crippen molar-refractivity contribution in [2.75, 3.05) is 25.5 Å². The van der Waals surface area contributed by atoms with Gasteiger partial charge in [0, 0.05) is 49.0 Å². The summed E-state index contributed by atoms with van der Waals surface area (Å²) in [5.41, 5.74) is 1.34. The average Bonchev–Trinajstić information content (AvgIpc) is 3.14. The fourth-order valence-electron chi connectivity index (χ4n) is 3.25. The summed E-state index contributed by atoms with van der Waals surface area (Å²) in [5.74, 6) is 0.422. The molecule has 3 rings (SSSR count). The van der Waals surface area contributed by atoms with Gasteiger partial charge in [-0.2, -0.15) is 0 Å². The highest BCUT2D eigenvalue weighted by Crippen LogP contribution is 2.24. The summed E-state index contributed by atoms with van der Waals surface area (Å²) in [6.07, 6.45) is 3.12. The van der Waals surface area contributed by atoms with Crippen LogP contribution in [0.3, 0.4) is 0 Å². The molecule has 6 nitrogen and oxygen atoms in total. The van der Waals surface area contributed by atoms with Crippen LogP contribution in [0.1, 0.15) is 28.8 Å². The predicted molar refractivity (Wildman–Crippen MR) is 111 cm³/mol. The van der Waals surface area contributed by atoms with Crippen molar-refractivity contribution in [3.63, 3.8) is 0 Å². The molecular weight excluding hydrogens is 399 g/mol. The summed E-state index contributed by atoms with van der Waals surface area (Å²) >= 11 is 12.0. The van der Waals surface area contributed by atoms with E-state index in [9.17, 15) is 9.59 Å². The van der Waals surface area contributed by atoms with Crippen molar-refractivity contribution < 1.29 is 9.59 Å². The Morgan fingerprint density at radius 3 is 2.61 bits per heavy atom. The molecule has 1 saturated heterocycles. The Morgan fingerprint density at radius 1 is 1.21 bits per heavy atom. The molecule has 8 heteroatoms. The first-order valence-electron chi connectivity index (χ1n) is 9.02. The second-order valence-corrected chi connectivity index (χ2v) is 7.82. The smallest absolute Gasteiger partial charge is 0.254 e. The molecule has 1 fully saturated rings. The van der Waals surface area contributed by atoms with Gasteiger partial charge in [0.15, 0.2) is 0 Å². The second kappa shape index (κ2) is 8.80. The third-order valence-corrected chi connectivity index (χ3v) is 5.10. The Balaban J connectivity index is 1.67. The van der Waals surface area contributed by atoms with Gasteiger partial charge in [0.25, 0.3) is 5.91 Å². The number of nitrogens with one attached hydrogen (secondary N) is 1. The molecule has 0 saturated carbocycles. The lowest BCUT2D eigenvalue weighted by molar-refractivity contribution is -0.125. The van der Waals surface area contributed by atoms with E-state index in [2.05, 4.69) is 10.3 Å². The summed E-state index contributed by atoms with van der Waals surface area (Å²) in [7, 11) is 3.82. The van der Waals surface area contributed by atoms with Crippen molar-refractivity contribution in [1.82, 2.24) is 15.2 Å². The van der Waals surface area contributed by atoms with Gasteiger partial charge in [-0.15, -0.1) is 0 Å². The number of carbonyl (C=O) groups is 2. The van der Waals surface area contributed by atoms with Gasteiger partial charge >= 0.3 is 0 Å². The number of anilines is 1. The van der Waals surface area contributed by atoms with Crippen LogP contribution in [0.25, 0.3) is 0 Å². The lowest BCUT2D eigenvalue weighted by Crippen LogP contribution is -2.45. The van der Waals surface area contributed by atoms with Crippen LogP contribution in [0.4, 0.5) is 5.82 Å². The fraction of sp³-hybridized carbons (Fsp3) is 0.350. The number of likely N-dealkylation sites (tertiary alicyclic amines) is 1. The molecule has 148 valence electrons. The topological polar surface area (TPSA) is 65.5 Å². The van der Waals surface area contributed by atoms with Gasteiger partial charge in [-0.3, -0.25) is 9.59 Å². The van der Waals surface area contributed by atoms with Crippen LogP contribution in [0.15, 0.2) is 36.5 Å². The van der Waals surface area contributed by atoms with E-state index in [0.717, 1.165) is 17.8 Å².